The van der Waals surface area contributed by atoms with E-state index in [9.17, 15) is 9.90 Å². The standard InChI is InChI=1S/C35H62N3O2/c1-32(2,14-13-31(40)36-18-7-19-38(6)22-20-37(4,5)21-23-38)35-17-12-30-28-9-8-26-24-27(39)10-15-33(26,3)29(28)11-16-34(30,35)25-35/h26-30,39H,7-25H2,1-6H3/q+1/p+1. The maximum atomic E-state index is 13.0. The van der Waals surface area contributed by atoms with Crippen molar-refractivity contribution in [3.8, 4) is 0 Å². The summed E-state index contributed by atoms with van der Waals surface area (Å²) in [4.78, 5) is 13.0. The van der Waals surface area contributed by atoms with Gasteiger partial charge in [-0.15, -0.1) is 0 Å². The Hall–Kier alpha value is -0.650. The highest BCUT2D eigenvalue weighted by Crippen LogP contribution is 2.87. The van der Waals surface area contributed by atoms with Crippen molar-refractivity contribution in [2.45, 2.75) is 110 Å². The lowest BCUT2D eigenvalue weighted by atomic mass is 9.46. The minimum absolute atomic E-state index is 0.0449. The van der Waals surface area contributed by atoms with E-state index in [2.05, 4.69) is 47.2 Å². The predicted molar refractivity (Wildman–Crippen MR) is 162 cm³/mol. The van der Waals surface area contributed by atoms with Crippen LogP contribution in [0.4, 0.5) is 0 Å². The van der Waals surface area contributed by atoms with Crippen molar-refractivity contribution in [3.05, 3.63) is 0 Å². The molecule has 1 saturated heterocycles. The molecule has 8 unspecified atom stereocenters. The van der Waals surface area contributed by atoms with Gasteiger partial charge in [-0.05, 0) is 116 Å². The van der Waals surface area contributed by atoms with Crippen LogP contribution in [0.15, 0.2) is 0 Å². The maximum Gasteiger partial charge on any atom is 0.220 e. The number of nitrogens with zero attached hydrogens (tertiary/aromatic N) is 2. The van der Waals surface area contributed by atoms with Crippen LogP contribution in [-0.4, -0.2) is 86.5 Å². The molecule has 228 valence electrons. The van der Waals surface area contributed by atoms with Gasteiger partial charge < -0.3 is 19.4 Å². The summed E-state index contributed by atoms with van der Waals surface area (Å²) < 4.78 is 2.32. The number of carbonyl (C=O) groups excluding carboxylic acids is 1. The molecule has 0 aromatic carbocycles. The SMILES string of the molecule is CC12CCC(O)CC1CCC1C2CCC23CC2(C(C)(C)CCC(=O)NCCC[N+]2(C)CC[N+](C)(C)CC2)CCC13. The minimum Gasteiger partial charge on any atom is -0.393 e. The van der Waals surface area contributed by atoms with Crippen molar-refractivity contribution in [1.29, 1.82) is 0 Å². The smallest absolute Gasteiger partial charge is 0.220 e. The van der Waals surface area contributed by atoms with E-state index in [0.29, 0.717) is 22.7 Å². The molecule has 5 aliphatic carbocycles. The Morgan fingerprint density at radius 3 is 2.42 bits per heavy atom. The van der Waals surface area contributed by atoms with Gasteiger partial charge in [0.1, 0.15) is 26.2 Å². The monoisotopic (exact) mass is 557 g/mol. The van der Waals surface area contributed by atoms with Crippen molar-refractivity contribution >= 4 is 5.91 Å². The number of amides is 1. The Labute approximate surface area is 246 Å². The molecule has 0 bridgehead atoms. The van der Waals surface area contributed by atoms with Crippen LogP contribution in [-0.2, 0) is 4.79 Å². The number of hydrogen-bond donors (Lipinski definition) is 2. The van der Waals surface area contributed by atoms with Gasteiger partial charge in [0, 0.05) is 19.4 Å². The quantitative estimate of drug-likeness (QED) is 0.301. The zero-order valence-electron chi connectivity index (χ0n) is 27.1. The number of fused-ring (bicyclic) bond motifs is 4. The lowest BCUT2D eigenvalue weighted by Crippen LogP contribution is -2.62. The molecule has 6 rings (SSSR count). The summed E-state index contributed by atoms with van der Waals surface area (Å²) in [7, 11) is 7.10. The Morgan fingerprint density at radius 2 is 1.68 bits per heavy atom. The largest absolute Gasteiger partial charge is 0.393 e. The highest BCUT2D eigenvalue weighted by molar-refractivity contribution is 5.75. The average molecular weight is 558 g/mol. The van der Waals surface area contributed by atoms with Crippen LogP contribution in [0.5, 0.6) is 0 Å². The molecule has 0 radical (unpaired) electrons. The highest BCUT2D eigenvalue weighted by Gasteiger charge is 2.79. The number of nitrogens with one attached hydrogen (secondary N) is 1. The molecule has 6 aliphatic rings. The lowest BCUT2D eigenvalue weighted by Gasteiger charge is -2.59. The van der Waals surface area contributed by atoms with E-state index >= 15 is 0 Å². The van der Waals surface area contributed by atoms with E-state index in [4.69, 9.17) is 0 Å². The number of piperazine rings is 1. The number of aliphatic hydroxyl groups is 1. The summed E-state index contributed by atoms with van der Waals surface area (Å²) in [5.41, 5.74) is 1.78. The van der Waals surface area contributed by atoms with Gasteiger partial charge in [-0.3, -0.25) is 4.79 Å². The summed E-state index contributed by atoms with van der Waals surface area (Å²) in [5.74, 6) is 3.76. The fourth-order valence-corrected chi connectivity index (χ4v) is 12.2. The second-order valence-electron chi connectivity index (χ2n) is 17.8. The van der Waals surface area contributed by atoms with Gasteiger partial charge in [0.05, 0.1) is 33.8 Å². The topological polar surface area (TPSA) is 49.3 Å². The van der Waals surface area contributed by atoms with Gasteiger partial charge in [0.2, 0.25) is 5.91 Å². The van der Waals surface area contributed by atoms with E-state index in [0.717, 1.165) is 60.4 Å². The number of carbonyl (C=O) groups is 1. The van der Waals surface area contributed by atoms with E-state index in [1.54, 1.807) is 0 Å². The molecule has 2 N–H and O–H groups in total. The first kappa shape index (κ1) is 29.4. The Balaban J connectivity index is 0.998. The van der Waals surface area contributed by atoms with Crippen LogP contribution in [0.3, 0.4) is 0 Å². The Morgan fingerprint density at radius 1 is 0.950 bits per heavy atom. The first-order chi connectivity index (χ1) is 18.8. The van der Waals surface area contributed by atoms with E-state index in [-0.39, 0.29) is 17.4 Å². The Kier molecular flexibility index (Phi) is 7.31. The van der Waals surface area contributed by atoms with Gasteiger partial charge in [-0.1, -0.05) is 20.8 Å². The van der Waals surface area contributed by atoms with Crippen molar-refractivity contribution < 1.29 is 18.9 Å². The summed E-state index contributed by atoms with van der Waals surface area (Å²) in [6.07, 6.45) is 16.0. The molecule has 1 spiro atoms. The highest BCUT2D eigenvalue weighted by atomic mass is 16.3. The van der Waals surface area contributed by atoms with E-state index < -0.39 is 0 Å². The minimum atomic E-state index is -0.0449. The third-order valence-electron chi connectivity index (χ3n) is 15.1. The molecule has 6 fully saturated rings. The summed E-state index contributed by atoms with van der Waals surface area (Å²) in [6.45, 7) is 14.7. The first-order valence-corrected chi connectivity index (χ1v) is 17.4. The lowest BCUT2D eigenvalue weighted by molar-refractivity contribution is -1.01. The predicted octanol–water partition coefficient (Wildman–Crippen LogP) is 5.61. The van der Waals surface area contributed by atoms with Crippen LogP contribution in [0.1, 0.15) is 104 Å². The number of likely N-dealkylation sites (N-methyl/N-ethyl adjacent to an activating group) is 2. The molecule has 0 aromatic rings. The van der Waals surface area contributed by atoms with Crippen molar-refractivity contribution in [2.24, 2.45) is 45.3 Å². The zero-order chi connectivity index (χ0) is 28.6. The normalized spacial score (nSPS) is 45.0. The van der Waals surface area contributed by atoms with E-state index in [1.165, 1.54) is 88.6 Å². The molecular weight excluding hydrogens is 494 g/mol. The van der Waals surface area contributed by atoms with Crippen LogP contribution in [0, 0.1) is 45.3 Å². The van der Waals surface area contributed by atoms with Crippen LogP contribution in [0.25, 0.3) is 0 Å². The zero-order valence-corrected chi connectivity index (χ0v) is 27.1. The van der Waals surface area contributed by atoms with E-state index in [1.807, 2.05) is 0 Å². The molecule has 1 amide bonds. The fraction of sp³-hybridized carbons (Fsp3) is 0.971. The number of rotatable bonds is 8. The number of hydrogen-bond acceptors (Lipinski definition) is 2. The molecule has 5 saturated carbocycles. The molecule has 8 atom stereocenters. The molecule has 5 nitrogen and oxygen atoms in total. The van der Waals surface area contributed by atoms with Gasteiger partial charge in [-0.25, -0.2) is 0 Å². The number of quaternary nitrogens is 2. The first-order valence-electron chi connectivity index (χ1n) is 17.4. The second-order valence-corrected chi connectivity index (χ2v) is 17.8. The molecule has 0 aromatic heterocycles. The third-order valence-corrected chi connectivity index (χ3v) is 15.1. The second kappa shape index (κ2) is 9.94. The van der Waals surface area contributed by atoms with Crippen LogP contribution < -0.4 is 5.32 Å². The fourth-order valence-electron chi connectivity index (χ4n) is 12.2. The van der Waals surface area contributed by atoms with Crippen molar-refractivity contribution in [1.82, 2.24) is 5.32 Å². The van der Waals surface area contributed by atoms with Gasteiger partial charge in [0.15, 0.2) is 0 Å². The van der Waals surface area contributed by atoms with Crippen molar-refractivity contribution in [3.63, 3.8) is 0 Å². The maximum absolute atomic E-state index is 13.0. The average Bonchev–Trinajstić information content (AvgIpc) is 3.44. The summed E-state index contributed by atoms with van der Waals surface area (Å²) >= 11 is 0. The number of aliphatic hydroxyl groups excluding tert-OH is 1. The summed E-state index contributed by atoms with van der Waals surface area (Å²) in [6, 6.07) is 0. The summed E-state index contributed by atoms with van der Waals surface area (Å²) in [5, 5.41) is 13.7. The van der Waals surface area contributed by atoms with Crippen LogP contribution >= 0.6 is 0 Å². The molecule has 5 heteroatoms. The molecule has 40 heavy (non-hydrogen) atoms. The third kappa shape index (κ3) is 4.71. The van der Waals surface area contributed by atoms with Gasteiger partial charge in [-0.2, -0.15) is 0 Å². The molecule has 1 heterocycles. The molecule has 1 aliphatic heterocycles. The Bertz CT molecular complexity index is 968. The molecular formula is C35H63N3O2+2. The van der Waals surface area contributed by atoms with Crippen LogP contribution in [0.2, 0.25) is 0 Å². The van der Waals surface area contributed by atoms with Gasteiger partial charge >= 0.3 is 0 Å². The van der Waals surface area contributed by atoms with Crippen molar-refractivity contribution in [2.75, 3.05) is 60.4 Å². The van der Waals surface area contributed by atoms with Gasteiger partial charge in [0.25, 0.3) is 0 Å².